The number of aromatic nitrogens is 2. The number of alkyl carbamates (subject to hydrolysis) is 1. The average molecular weight is 613 g/mol. The highest BCUT2D eigenvalue weighted by Crippen LogP contribution is 2.33. The molecule has 12 heteroatoms. The van der Waals surface area contributed by atoms with Crippen molar-refractivity contribution in [3.8, 4) is 11.3 Å². The van der Waals surface area contributed by atoms with Gasteiger partial charge < -0.3 is 30.2 Å². The first kappa shape index (κ1) is 33.4. The summed E-state index contributed by atoms with van der Waals surface area (Å²) in [4.78, 5) is 45.3. The first-order valence-corrected chi connectivity index (χ1v) is 14.2. The van der Waals surface area contributed by atoms with Gasteiger partial charge in [0.25, 0.3) is 0 Å². The van der Waals surface area contributed by atoms with E-state index in [0.717, 1.165) is 29.1 Å². The number of imidazole rings is 1. The third-order valence-electron chi connectivity index (χ3n) is 6.67. The summed E-state index contributed by atoms with van der Waals surface area (Å²) in [6.07, 6.45) is -0.247. The summed E-state index contributed by atoms with van der Waals surface area (Å²) in [5.74, 6) is 0.259. The van der Waals surface area contributed by atoms with Crippen molar-refractivity contribution in [3.63, 3.8) is 0 Å². The highest BCUT2D eigenvalue weighted by molar-refractivity contribution is 7.59. The number of nitrogens with one attached hydrogen (secondary N) is 3. The van der Waals surface area contributed by atoms with E-state index in [1.54, 1.807) is 37.8 Å². The van der Waals surface area contributed by atoms with Crippen LogP contribution in [0.15, 0.2) is 48.5 Å². The topological polar surface area (TPSA) is 118 Å². The van der Waals surface area contributed by atoms with E-state index in [2.05, 4.69) is 16.0 Å². The molecule has 3 N–H and O–H groups in total. The van der Waals surface area contributed by atoms with Gasteiger partial charge in [-0.2, -0.15) is 13.5 Å². The van der Waals surface area contributed by atoms with E-state index in [1.807, 2.05) is 42.7 Å². The van der Waals surface area contributed by atoms with Crippen molar-refractivity contribution in [1.29, 1.82) is 0 Å². The van der Waals surface area contributed by atoms with Crippen molar-refractivity contribution in [2.75, 3.05) is 18.4 Å². The number of halogens is 1. The van der Waals surface area contributed by atoms with Crippen LogP contribution in [0.25, 0.3) is 11.3 Å². The van der Waals surface area contributed by atoms with Crippen molar-refractivity contribution >= 4 is 42.9 Å². The van der Waals surface area contributed by atoms with Crippen molar-refractivity contribution in [2.24, 2.45) is 0 Å². The SMILES string of the molecule is CCCNC(=O)C[C@H](NC(=O)OC(C)(C)C)C(=O)N1CCn2c(nc(-c3ccc(F)cc3)c2Nc2ccc(C)cc2)C1.S. The third kappa shape index (κ3) is 8.96. The lowest BCUT2D eigenvalue weighted by Gasteiger charge is -2.32. The van der Waals surface area contributed by atoms with E-state index >= 15 is 0 Å². The second-order valence-electron chi connectivity index (χ2n) is 11.4. The quantitative estimate of drug-likeness (QED) is 0.313. The Morgan fingerprint density at radius 2 is 1.72 bits per heavy atom. The van der Waals surface area contributed by atoms with Gasteiger partial charge in [0.1, 0.15) is 34.8 Å². The van der Waals surface area contributed by atoms with E-state index in [4.69, 9.17) is 9.72 Å². The zero-order valence-electron chi connectivity index (χ0n) is 25.3. The van der Waals surface area contributed by atoms with E-state index < -0.39 is 23.6 Å². The van der Waals surface area contributed by atoms with Crippen LogP contribution in [0, 0.1) is 12.7 Å². The molecule has 0 saturated carbocycles. The van der Waals surface area contributed by atoms with Gasteiger partial charge in [-0.1, -0.05) is 24.6 Å². The molecule has 2 heterocycles. The minimum atomic E-state index is -1.11. The number of hydrogen-bond donors (Lipinski definition) is 3. The molecule has 1 aliphatic rings. The summed E-state index contributed by atoms with van der Waals surface area (Å²) in [6.45, 7) is 10.5. The number of nitrogens with zero attached hydrogens (tertiary/aromatic N) is 3. The molecule has 0 bridgehead atoms. The predicted molar refractivity (Wildman–Crippen MR) is 169 cm³/mol. The van der Waals surface area contributed by atoms with Crippen LogP contribution in [-0.4, -0.2) is 57.1 Å². The molecule has 1 aromatic heterocycles. The van der Waals surface area contributed by atoms with Gasteiger partial charge in [0.2, 0.25) is 11.8 Å². The molecular weight excluding hydrogens is 571 g/mol. The van der Waals surface area contributed by atoms with Crippen LogP contribution in [-0.2, 0) is 27.4 Å². The van der Waals surface area contributed by atoms with Crippen LogP contribution in [0.4, 0.5) is 20.7 Å². The Bertz CT molecular complexity index is 1420. The minimum Gasteiger partial charge on any atom is -0.444 e. The number of carbonyl (C=O) groups excluding carboxylic acids is 3. The van der Waals surface area contributed by atoms with Gasteiger partial charge in [0, 0.05) is 30.9 Å². The summed E-state index contributed by atoms with van der Waals surface area (Å²) < 4.78 is 21.1. The maximum Gasteiger partial charge on any atom is 0.408 e. The maximum atomic E-state index is 13.7. The number of anilines is 2. The van der Waals surface area contributed by atoms with Crippen LogP contribution in [0.5, 0.6) is 0 Å². The number of carbonyl (C=O) groups is 3. The molecule has 1 atom stereocenters. The molecule has 3 amide bonds. The predicted octanol–water partition coefficient (Wildman–Crippen LogP) is 5.01. The van der Waals surface area contributed by atoms with Crippen molar-refractivity contribution in [1.82, 2.24) is 25.1 Å². The highest BCUT2D eigenvalue weighted by atomic mass is 32.1. The molecule has 43 heavy (non-hydrogen) atoms. The van der Waals surface area contributed by atoms with E-state index in [-0.39, 0.29) is 38.2 Å². The van der Waals surface area contributed by atoms with Crippen LogP contribution >= 0.6 is 13.5 Å². The second-order valence-corrected chi connectivity index (χ2v) is 11.4. The van der Waals surface area contributed by atoms with Gasteiger partial charge in [0.05, 0.1) is 13.0 Å². The second kappa shape index (κ2) is 14.4. The Hall–Kier alpha value is -4.06. The normalized spacial score (nSPS) is 13.3. The standard InChI is InChI=1S/C31H39FN6O4.H2S/c1-6-15-33-26(39)18-24(35-30(41)42-31(3,4)5)29(40)37-16-17-38-25(19-37)36-27(21-9-11-22(32)12-10-21)28(38)34-23-13-7-20(2)8-14-23;/h7-14,24,34H,6,15-19H2,1-5H3,(H,33,39)(H,35,41);1H2/t24-;/m0./s1. The number of hydrogen-bond acceptors (Lipinski definition) is 6. The minimum absolute atomic E-state index is 0. The summed E-state index contributed by atoms with van der Waals surface area (Å²) in [7, 11) is 0. The average Bonchev–Trinajstić information content (AvgIpc) is 3.29. The Morgan fingerprint density at radius 1 is 1.05 bits per heavy atom. The van der Waals surface area contributed by atoms with Crippen LogP contribution in [0.2, 0.25) is 0 Å². The van der Waals surface area contributed by atoms with Crippen LogP contribution < -0.4 is 16.0 Å². The zero-order chi connectivity index (χ0) is 30.4. The van der Waals surface area contributed by atoms with Gasteiger partial charge in [-0.3, -0.25) is 9.59 Å². The Morgan fingerprint density at radius 3 is 2.35 bits per heavy atom. The lowest BCUT2D eigenvalue weighted by molar-refractivity contribution is -0.137. The number of aryl methyl sites for hydroxylation is 1. The Balaban J connectivity index is 0.00000506. The number of amides is 3. The molecule has 1 aliphatic heterocycles. The maximum absolute atomic E-state index is 13.7. The summed E-state index contributed by atoms with van der Waals surface area (Å²) in [5.41, 5.74) is 2.58. The van der Waals surface area contributed by atoms with Crippen molar-refractivity contribution in [2.45, 2.75) is 72.2 Å². The largest absolute Gasteiger partial charge is 0.444 e. The van der Waals surface area contributed by atoms with Crippen LogP contribution in [0.1, 0.15) is 51.9 Å². The number of fused-ring (bicyclic) bond motifs is 1. The molecule has 0 aliphatic carbocycles. The fourth-order valence-corrected chi connectivity index (χ4v) is 4.62. The van der Waals surface area contributed by atoms with Crippen molar-refractivity contribution < 1.29 is 23.5 Å². The highest BCUT2D eigenvalue weighted by Gasteiger charge is 2.33. The van der Waals surface area contributed by atoms with Gasteiger partial charge in [-0.25, -0.2) is 14.2 Å². The summed E-state index contributed by atoms with van der Waals surface area (Å²) >= 11 is 0. The molecule has 10 nitrogen and oxygen atoms in total. The van der Waals surface area contributed by atoms with E-state index in [9.17, 15) is 18.8 Å². The fraction of sp³-hybridized carbons (Fsp3) is 0.419. The van der Waals surface area contributed by atoms with Gasteiger partial charge in [-0.05, 0) is 70.5 Å². The number of rotatable bonds is 9. The lowest BCUT2D eigenvalue weighted by atomic mass is 10.1. The lowest BCUT2D eigenvalue weighted by Crippen LogP contribution is -2.53. The van der Waals surface area contributed by atoms with Crippen molar-refractivity contribution in [3.05, 3.63) is 65.7 Å². The monoisotopic (exact) mass is 612 g/mol. The molecule has 0 radical (unpaired) electrons. The summed E-state index contributed by atoms with van der Waals surface area (Å²) in [5, 5.41) is 8.82. The molecule has 3 aromatic rings. The first-order chi connectivity index (χ1) is 19.9. The van der Waals surface area contributed by atoms with Crippen LogP contribution in [0.3, 0.4) is 0 Å². The Kier molecular flexibility index (Phi) is 11.2. The molecule has 0 spiro atoms. The molecule has 0 unspecified atom stereocenters. The van der Waals surface area contributed by atoms with Gasteiger partial charge >= 0.3 is 6.09 Å². The molecule has 232 valence electrons. The number of benzene rings is 2. The van der Waals surface area contributed by atoms with Gasteiger partial charge in [-0.15, -0.1) is 0 Å². The number of ether oxygens (including phenoxy) is 1. The Labute approximate surface area is 258 Å². The first-order valence-electron chi connectivity index (χ1n) is 14.2. The molecule has 0 fully saturated rings. The van der Waals surface area contributed by atoms with Gasteiger partial charge in [0.15, 0.2) is 0 Å². The molecule has 4 rings (SSSR count). The zero-order valence-corrected chi connectivity index (χ0v) is 26.3. The fourth-order valence-electron chi connectivity index (χ4n) is 4.62. The molecule has 0 saturated heterocycles. The molecular formula is C31H41FN6O4S. The van der Waals surface area contributed by atoms with E-state index in [1.165, 1.54) is 12.1 Å². The molecule has 2 aromatic carbocycles. The van der Waals surface area contributed by atoms with E-state index in [0.29, 0.717) is 31.2 Å². The summed E-state index contributed by atoms with van der Waals surface area (Å²) in [6, 6.07) is 12.9. The smallest absolute Gasteiger partial charge is 0.408 e. The third-order valence-corrected chi connectivity index (χ3v) is 6.67.